The smallest absolute Gasteiger partial charge is 0.120 e. The van der Waals surface area contributed by atoms with Gasteiger partial charge in [-0.1, -0.05) is 37.3 Å². The first-order valence-corrected chi connectivity index (χ1v) is 7.88. The minimum atomic E-state index is 0.533. The number of rotatable bonds is 6. The number of hydrogen-bond acceptors (Lipinski definition) is 2. The van der Waals surface area contributed by atoms with Crippen molar-refractivity contribution in [3.8, 4) is 5.75 Å². The Morgan fingerprint density at radius 1 is 1.15 bits per heavy atom. The number of halogens is 1. The molecular weight excluding hydrogens is 361 g/mol. The third-order valence-electron chi connectivity index (χ3n) is 3.26. The molecule has 2 nitrogen and oxygen atoms in total. The van der Waals surface area contributed by atoms with E-state index < -0.39 is 0 Å². The molecule has 1 N–H and O–H groups in total. The van der Waals surface area contributed by atoms with Crippen molar-refractivity contribution < 1.29 is 4.74 Å². The first-order chi connectivity index (χ1) is 9.69. The minimum Gasteiger partial charge on any atom is -0.489 e. The van der Waals surface area contributed by atoms with Crippen LogP contribution in [-0.4, -0.2) is 13.6 Å². The van der Waals surface area contributed by atoms with Crippen LogP contribution >= 0.6 is 22.6 Å². The molecule has 106 valence electrons. The van der Waals surface area contributed by atoms with E-state index in [0.29, 0.717) is 12.5 Å². The molecule has 0 fully saturated rings. The van der Waals surface area contributed by atoms with Gasteiger partial charge in [-0.25, -0.2) is 0 Å². The molecule has 0 saturated heterocycles. The fraction of sp³-hybridized carbons (Fsp3) is 0.294. The summed E-state index contributed by atoms with van der Waals surface area (Å²) in [6, 6.07) is 16.8. The van der Waals surface area contributed by atoms with Gasteiger partial charge in [0.25, 0.3) is 0 Å². The Bertz CT molecular complexity index is 539. The van der Waals surface area contributed by atoms with Crippen LogP contribution in [0, 0.1) is 3.57 Å². The Morgan fingerprint density at radius 2 is 1.90 bits per heavy atom. The Hall–Kier alpha value is -1.07. The summed E-state index contributed by atoms with van der Waals surface area (Å²) in [5.74, 6) is 1.45. The van der Waals surface area contributed by atoms with Gasteiger partial charge in [0, 0.05) is 10.1 Å². The summed E-state index contributed by atoms with van der Waals surface area (Å²) < 4.78 is 6.99. The van der Waals surface area contributed by atoms with E-state index >= 15 is 0 Å². The average Bonchev–Trinajstić information content (AvgIpc) is 2.46. The van der Waals surface area contributed by atoms with Crippen molar-refractivity contribution in [2.24, 2.45) is 0 Å². The van der Waals surface area contributed by atoms with Crippen LogP contribution in [0.1, 0.15) is 24.0 Å². The molecule has 0 radical (unpaired) electrons. The number of benzene rings is 2. The largest absolute Gasteiger partial charge is 0.489 e. The van der Waals surface area contributed by atoms with E-state index in [-0.39, 0.29) is 0 Å². The fourth-order valence-corrected chi connectivity index (χ4v) is 2.60. The highest BCUT2D eigenvalue weighted by molar-refractivity contribution is 14.1. The van der Waals surface area contributed by atoms with E-state index in [0.717, 1.165) is 12.3 Å². The highest BCUT2D eigenvalue weighted by atomic mass is 127. The van der Waals surface area contributed by atoms with Crippen molar-refractivity contribution in [2.45, 2.75) is 19.4 Å². The van der Waals surface area contributed by atoms with E-state index in [4.69, 9.17) is 4.74 Å². The maximum atomic E-state index is 5.80. The summed E-state index contributed by atoms with van der Waals surface area (Å²) in [7, 11) is 1.99. The highest BCUT2D eigenvalue weighted by Gasteiger charge is 2.04. The molecular formula is C17H20INO. The van der Waals surface area contributed by atoms with E-state index in [9.17, 15) is 0 Å². The van der Waals surface area contributed by atoms with Crippen LogP contribution in [0.4, 0.5) is 0 Å². The first kappa shape index (κ1) is 15.3. The van der Waals surface area contributed by atoms with Crippen LogP contribution in [0.25, 0.3) is 0 Å². The zero-order valence-electron chi connectivity index (χ0n) is 11.9. The van der Waals surface area contributed by atoms with E-state index in [2.05, 4.69) is 65.2 Å². The van der Waals surface area contributed by atoms with Gasteiger partial charge in [0.1, 0.15) is 12.4 Å². The molecule has 0 aliphatic rings. The number of hydrogen-bond donors (Lipinski definition) is 1. The molecule has 0 spiro atoms. The van der Waals surface area contributed by atoms with Crippen LogP contribution < -0.4 is 10.1 Å². The van der Waals surface area contributed by atoms with Gasteiger partial charge in [0.15, 0.2) is 0 Å². The lowest BCUT2D eigenvalue weighted by Gasteiger charge is -2.12. The Morgan fingerprint density at radius 3 is 2.55 bits per heavy atom. The molecule has 0 aliphatic carbocycles. The fourth-order valence-electron chi connectivity index (χ4n) is 2.09. The predicted molar refractivity (Wildman–Crippen MR) is 92.3 cm³/mol. The van der Waals surface area contributed by atoms with Gasteiger partial charge in [0.05, 0.1) is 0 Å². The molecule has 2 rings (SSSR count). The summed E-state index contributed by atoms with van der Waals surface area (Å²) in [4.78, 5) is 0. The molecule has 0 aromatic heterocycles. The van der Waals surface area contributed by atoms with Crippen molar-refractivity contribution in [3.05, 3.63) is 63.2 Å². The molecule has 20 heavy (non-hydrogen) atoms. The van der Waals surface area contributed by atoms with Gasteiger partial charge < -0.3 is 10.1 Å². The molecule has 3 heteroatoms. The Balaban J connectivity index is 1.94. The SMILES string of the molecule is CNCC(C)c1ccc(COc2cccc(I)c2)cc1. The van der Waals surface area contributed by atoms with Crippen LogP contribution in [0.5, 0.6) is 5.75 Å². The van der Waals surface area contributed by atoms with Crippen molar-refractivity contribution in [1.29, 1.82) is 0 Å². The lowest BCUT2D eigenvalue weighted by molar-refractivity contribution is 0.306. The monoisotopic (exact) mass is 381 g/mol. The minimum absolute atomic E-state index is 0.533. The first-order valence-electron chi connectivity index (χ1n) is 6.81. The summed E-state index contributed by atoms with van der Waals surface area (Å²) >= 11 is 2.29. The standard InChI is InChI=1S/C17H20INO/c1-13(11-19-2)15-8-6-14(7-9-15)12-20-17-5-3-4-16(18)10-17/h3-10,13,19H,11-12H2,1-2H3. The van der Waals surface area contributed by atoms with Crippen molar-refractivity contribution in [1.82, 2.24) is 5.32 Å². The van der Waals surface area contributed by atoms with E-state index in [1.807, 2.05) is 25.2 Å². The second-order valence-corrected chi connectivity index (χ2v) is 6.19. The summed E-state index contributed by atoms with van der Waals surface area (Å²) in [6.45, 7) is 3.84. The van der Waals surface area contributed by atoms with Crippen molar-refractivity contribution in [3.63, 3.8) is 0 Å². The van der Waals surface area contributed by atoms with Gasteiger partial charge in [-0.15, -0.1) is 0 Å². The summed E-state index contributed by atoms with van der Waals surface area (Å²) in [5.41, 5.74) is 2.56. The van der Waals surface area contributed by atoms with Gasteiger partial charge in [-0.3, -0.25) is 0 Å². The number of nitrogens with one attached hydrogen (secondary N) is 1. The lowest BCUT2D eigenvalue weighted by Crippen LogP contribution is -2.14. The van der Waals surface area contributed by atoms with Gasteiger partial charge in [0.2, 0.25) is 0 Å². The maximum Gasteiger partial charge on any atom is 0.120 e. The average molecular weight is 381 g/mol. The lowest BCUT2D eigenvalue weighted by atomic mass is 10.00. The van der Waals surface area contributed by atoms with Crippen LogP contribution in [-0.2, 0) is 6.61 Å². The molecule has 0 heterocycles. The summed E-state index contributed by atoms with van der Waals surface area (Å²) in [5, 5.41) is 3.21. The van der Waals surface area contributed by atoms with Crippen LogP contribution in [0.3, 0.4) is 0 Å². The topological polar surface area (TPSA) is 21.3 Å². The van der Waals surface area contributed by atoms with Gasteiger partial charge >= 0.3 is 0 Å². The van der Waals surface area contributed by atoms with Crippen molar-refractivity contribution in [2.75, 3.05) is 13.6 Å². The van der Waals surface area contributed by atoms with Crippen molar-refractivity contribution >= 4 is 22.6 Å². The molecule has 0 amide bonds. The van der Waals surface area contributed by atoms with Crippen LogP contribution in [0.15, 0.2) is 48.5 Å². The van der Waals surface area contributed by atoms with E-state index in [1.54, 1.807) is 0 Å². The second kappa shape index (κ2) is 7.64. The zero-order chi connectivity index (χ0) is 14.4. The third kappa shape index (κ3) is 4.49. The third-order valence-corrected chi connectivity index (χ3v) is 3.93. The molecule has 2 aromatic carbocycles. The van der Waals surface area contributed by atoms with Gasteiger partial charge in [-0.2, -0.15) is 0 Å². The van der Waals surface area contributed by atoms with E-state index in [1.165, 1.54) is 14.7 Å². The normalized spacial score (nSPS) is 12.2. The Labute approximate surface area is 134 Å². The molecule has 0 saturated carbocycles. The van der Waals surface area contributed by atoms with Gasteiger partial charge in [-0.05, 0) is 64.9 Å². The summed E-state index contributed by atoms with van der Waals surface area (Å²) in [6.07, 6.45) is 0. The molecule has 1 unspecified atom stereocenters. The second-order valence-electron chi connectivity index (χ2n) is 4.95. The quantitative estimate of drug-likeness (QED) is 0.758. The van der Waals surface area contributed by atoms with Crippen LogP contribution in [0.2, 0.25) is 0 Å². The number of ether oxygens (including phenoxy) is 1. The zero-order valence-corrected chi connectivity index (χ0v) is 14.1. The molecule has 2 aromatic rings. The molecule has 0 aliphatic heterocycles. The highest BCUT2D eigenvalue weighted by Crippen LogP contribution is 2.18. The molecule has 0 bridgehead atoms. The maximum absolute atomic E-state index is 5.80. The molecule has 1 atom stereocenters. The Kier molecular flexibility index (Phi) is 5.86. The number of likely N-dealkylation sites (N-methyl/N-ethyl adjacent to an activating group) is 1. The predicted octanol–water partition coefficient (Wildman–Crippen LogP) is 4.19.